The summed E-state index contributed by atoms with van der Waals surface area (Å²) in [4.78, 5) is 27.6. The van der Waals surface area contributed by atoms with Crippen LogP contribution in [0.15, 0.2) is 24.3 Å². The molecule has 1 aromatic carbocycles. The van der Waals surface area contributed by atoms with Gasteiger partial charge in [0.05, 0.1) is 19.8 Å². The van der Waals surface area contributed by atoms with Crippen LogP contribution in [0.25, 0.3) is 0 Å². The molecule has 2 rings (SSSR count). The summed E-state index contributed by atoms with van der Waals surface area (Å²) < 4.78 is 5.19. The quantitative estimate of drug-likeness (QED) is 0.869. The molecule has 6 nitrogen and oxygen atoms in total. The fraction of sp³-hybridized carbons (Fsp3) is 0.467. The fourth-order valence-corrected chi connectivity index (χ4v) is 2.09. The number of nitrogens with zero attached hydrogens (tertiary/aromatic N) is 2. The largest absolute Gasteiger partial charge is 0.378 e. The molecule has 0 unspecified atom stereocenters. The zero-order valence-corrected chi connectivity index (χ0v) is 12.5. The van der Waals surface area contributed by atoms with Gasteiger partial charge in [-0.2, -0.15) is 0 Å². The summed E-state index contributed by atoms with van der Waals surface area (Å²) in [6, 6.07) is 7.26. The minimum absolute atomic E-state index is 0.0221. The fourth-order valence-electron chi connectivity index (χ4n) is 2.09. The maximum absolute atomic E-state index is 12.0. The summed E-state index contributed by atoms with van der Waals surface area (Å²) in [7, 11) is 3.88. The Labute approximate surface area is 124 Å². The van der Waals surface area contributed by atoms with E-state index in [9.17, 15) is 9.59 Å². The van der Waals surface area contributed by atoms with Crippen LogP contribution in [0, 0.1) is 0 Å². The lowest BCUT2D eigenvalue weighted by Gasteiger charge is -2.26. The molecule has 0 aliphatic carbocycles. The van der Waals surface area contributed by atoms with E-state index >= 15 is 0 Å². The number of morpholine rings is 1. The number of hydrogen-bond donors (Lipinski definition) is 1. The first-order valence-electron chi connectivity index (χ1n) is 6.99. The van der Waals surface area contributed by atoms with Crippen molar-refractivity contribution in [2.24, 2.45) is 0 Å². The first-order chi connectivity index (χ1) is 10.1. The predicted molar refractivity (Wildman–Crippen MR) is 80.5 cm³/mol. The molecular formula is C15H21N3O3. The third-order valence-corrected chi connectivity index (χ3v) is 3.41. The SMILES string of the molecule is CN(C)c1ccc(C(=O)NCC(=O)N2CCOCC2)cc1. The van der Waals surface area contributed by atoms with E-state index in [1.807, 2.05) is 31.1 Å². The van der Waals surface area contributed by atoms with E-state index in [-0.39, 0.29) is 18.4 Å². The van der Waals surface area contributed by atoms with Crippen LogP contribution in [0.3, 0.4) is 0 Å². The first-order valence-corrected chi connectivity index (χ1v) is 6.99. The molecule has 1 heterocycles. The molecule has 114 valence electrons. The lowest BCUT2D eigenvalue weighted by atomic mass is 10.2. The monoisotopic (exact) mass is 291 g/mol. The summed E-state index contributed by atoms with van der Waals surface area (Å²) in [6.07, 6.45) is 0. The Bertz CT molecular complexity index is 493. The minimum Gasteiger partial charge on any atom is -0.378 e. The molecule has 0 aromatic heterocycles. The standard InChI is InChI=1S/C15H21N3O3/c1-17(2)13-5-3-12(4-6-13)15(20)16-11-14(19)18-7-9-21-10-8-18/h3-6H,7-11H2,1-2H3,(H,16,20). The van der Waals surface area contributed by atoms with Gasteiger partial charge in [-0.15, -0.1) is 0 Å². The number of ether oxygens (including phenoxy) is 1. The van der Waals surface area contributed by atoms with Crippen LogP contribution < -0.4 is 10.2 Å². The third-order valence-electron chi connectivity index (χ3n) is 3.41. The van der Waals surface area contributed by atoms with Gasteiger partial charge in [-0.05, 0) is 24.3 Å². The number of rotatable bonds is 4. The van der Waals surface area contributed by atoms with E-state index in [1.54, 1.807) is 17.0 Å². The lowest BCUT2D eigenvalue weighted by Crippen LogP contribution is -2.45. The molecule has 21 heavy (non-hydrogen) atoms. The van der Waals surface area contributed by atoms with Crippen LogP contribution in [0.2, 0.25) is 0 Å². The van der Waals surface area contributed by atoms with Crippen LogP contribution >= 0.6 is 0 Å². The molecule has 1 aromatic rings. The van der Waals surface area contributed by atoms with E-state index in [4.69, 9.17) is 4.74 Å². The van der Waals surface area contributed by atoms with Crippen LogP contribution in [-0.2, 0) is 9.53 Å². The van der Waals surface area contributed by atoms with Crippen LogP contribution in [0.1, 0.15) is 10.4 Å². The summed E-state index contributed by atoms with van der Waals surface area (Å²) in [5.41, 5.74) is 1.58. The number of anilines is 1. The van der Waals surface area contributed by atoms with Crippen molar-refractivity contribution in [2.45, 2.75) is 0 Å². The average Bonchev–Trinajstić information content (AvgIpc) is 2.53. The van der Waals surface area contributed by atoms with Crippen molar-refractivity contribution < 1.29 is 14.3 Å². The van der Waals surface area contributed by atoms with Crippen molar-refractivity contribution in [1.29, 1.82) is 0 Å². The highest BCUT2D eigenvalue weighted by Crippen LogP contribution is 2.12. The van der Waals surface area contributed by atoms with E-state index in [1.165, 1.54) is 0 Å². The van der Waals surface area contributed by atoms with Crippen molar-refractivity contribution >= 4 is 17.5 Å². The van der Waals surface area contributed by atoms with Crippen molar-refractivity contribution in [3.63, 3.8) is 0 Å². The molecule has 1 N–H and O–H groups in total. The number of hydrogen-bond acceptors (Lipinski definition) is 4. The van der Waals surface area contributed by atoms with E-state index in [0.29, 0.717) is 31.9 Å². The lowest BCUT2D eigenvalue weighted by molar-refractivity contribution is -0.134. The Morgan fingerprint density at radius 3 is 2.38 bits per heavy atom. The van der Waals surface area contributed by atoms with Crippen LogP contribution in [-0.4, -0.2) is 63.7 Å². The van der Waals surface area contributed by atoms with Gasteiger partial charge in [-0.3, -0.25) is 9.59 Å². The number of amides is 2. The molecule has 0 saturated carbocycles. The summed E-state index contributed by atoms with van der Waals surface area (Å²) in [5, 5.41) is 2.66. The maximum Gasteiger partial charge on any atom is 0.251 e. The number of nitrogens with one attached hydrogen (secondary N) is 1. The van der Waals surface area contributed by atoms with Crippen LogP contribution in [0.5, 0.6) is 0 Å². The number of carbonyl (C=O) groups is 2. The number of carbonyl (C=O) groups excluding carboxylic acids is 2. The average molecular weight is 291 g/mol. The van der Waals surface area contributed by atoms with Gasteiger partial charge in [-0.25, -0.2) is 0 Å². The molecule has 0 spiro atoms. The molecule has 1 aliphatic rings. The Morgan fingerprint density at radius 1 is 1.19 bits per heavy atom. The second-order valence-corrected chi connectivity index (χ2v) is 5.12. The highest BCUT2D eigenvalue weighted by Gasteiger charge is 2.17. The Kier molecular flexibility index (Phi) is 5.16. The molecule has 2 amide bonds. The maximum atomic E-state index is 12.0. The van der Waals surface area contributed by atoms with E-state index in [0.717, 1.165) is 5.69 Å². The van der Waals surface area contributed by atoms with Crippen molar-refractivity contribution in [3.8, 4) is 0 Å². The zero-order chi connectivity index (χ0) is 15.2. The van der Waals surface area contributed by atoms with Gasteiger partial charge >= 0.3 is 0 Å². The molecule has 0 radical (unpaired) electrons. The summed E-state index contributed by atoms with van der Waals surface area (Å²) in [6.45, 7) is 2.32. The summed E-state index contributed by atoms with van der Waals surface area (Å²) >= 11 is 0. The predicted octanol–water partition coefficient (Wildman–Crippen LogP) is 0.341. The normalized spacial score (nSPS) is 14.7. The Balaban J connectivity index is 1.84. The molecular weight excluding hydrogens is 270 g/mol. The van der Waals surface area contributed by atoms with Gasteiger partial charge < -0.3 is 19.9 Å². The molecule has 0 bridgehead atoms. The van der Waals surface area contributed by atoms with Crippen molar-refractivity contribution in [2.75, 3.05) is 51.8 Å². The number of benzene rings is 1. The first kappa shape index (κ1) is 15.3. The van der Waals surface area contributed by atoms with Crippen molar-refractivity contribution in [1.82, 2.24) is 10.2 Å². The molecule has 1 fully saturated rings. The third kappa shape index (κ3) is 4.19. The molecule has 1 aliphatic heterocycles. The smallest absolute Gasteiger partial charge is 0.251 e. The van der Waals surface area contributed by atoms with Crippen molar-refractivity contribution in [3.05, 3.63) is 29.8 Å². The molecule has 0 atom stereocenters. The van der Waals surface area contributed by atoms with Gasteiger partial charge in [0.1, 0.15) is 0 Å². The Morgan fingerprint density at radius 2 is 1.81 bits per heavy atom. The zero-order valence-electron chi connectivity index (χ0n) is 12.5. The van der Waals surface area contributed by atoms with Gasteiger partial charge in [0.15, 0.2) is 0 Å². The summed E-state index contributed by atoms with van der Waals surface area (Å²) in [5.74, 6) is -0.307. The van der Waals surface area contributed by atoms with Gasteiger partial charge in [0, 0.05) is 38.4 Å². The van der Waals surface area contributed by atoms with Gasteiger partial charge in [0.2, 0.25) is 5.91 Å². The van der Waals surface area contributed by atoms with Gasteiger partial charge in [0.25, 0.3) is 5.91 Å². The second kappa shape index (κ2) is 7.08. The minimum atomic E-state index is -0.234. The van der Waals surface area contributed by atoms with E-state index < -0.39 is 0 Å². The highest BCUT2D eigenvalue weighted by atomic mass is 16.5. The molecule has 1 saturated heterocycles. The Hall–Kier alpha value is -2.08. The second-order valence-electron chi connectivity index (χ2n) is 5.12. The topological polar surface area (TPSA) is 61.9 Å². The highest BCUT2D eigenvalue weighted by molar-refractivity contribution is 5.96. The van der Waals surface area contributed by atoms with Crippen LogP contribution in [0.4, 0.5) is 5.69 Å². The molecule has 6 heteroatoms. The van der Waals surface area contributed by atoms with Gasteiger partial charge in [-0.1, -0.05) is 0 Å². The van der Waals surface area contributed by atoms with E-state index in [2.05, 4.69) is 5.32 Å².